The number of aryl methyl sites for hydroxylation is 2. The van der Waals surface area contributed by atoms with Crippen molar-refractivity contribution in [3.63, 3.8) is 0 Å². The zero-order chi connectivity index (χ0) is 18.2. The van der Waals surface area contributed by atoms with Crippen molar-refractivity contribution < 1.29 is 9.53 Å². The normalized spacial score (nSPS) is 10.5. The molecule has 2 aromatic carbocycles. The summed E-state index contributed by atoms with van der Waals surface area (Å²) in [6.45, 7) is 0. The predicted octanol–water partition coefficient (Wildman–Crippen LogP) is 3.90. The summed E-state index contributed by atoms with van der Waals surface area (Å²) in [5.41, 5.74) is 2.17. The molecule has 134 valence electrons. The number of amides is 1. The molecule has 1 N–H and O–H groups in total. The van der Waals surface area contributed by atoms with E-state index in [1.807, 2.05) is 30.3 Å². The van der Waals surface area contributed by atoms with Crippen LogP contribution in [0.5, 0.6) is 5.75 Å². The number of ether oxygens (including phenoxy) is 1. The fourth-order valence-electron chi connectivity index (χ4n) is 2.68. The Morgan fingerprint density at radius 2 is 1.81 bits per heavy atom. The molecule has 0 aliphatic rings. The van der Waals surface area contributed by atoms with Gasteiger partial charge < -0.3 is 10.1 Å². The van der Waals surface area contributed by atoms with E-state index >= 15 is 0 Å². The molecule has 0 radical (unpaired) electrons. The Balaban J connectivity index is 1.49. The fourth-order valence-corrected chi connectivity index (χ4v) is 3.48. The SMILES string of the molecule is COc1ccccc1CC(=O)Nc1nnc(CCCc2ccccc2)s1. The summed E-state index contributed by atoms with van der Waals surface area (Å²) in [6.07, 6.45) is 3.12. The van der Waals surface area contributed by atoms with Crippen molar-refractivity contribution in [2.45, 2.75) is 25.7 Å². The van der Waals surface area contributed by atoms with Gasteiger partial charge in [-0.25, -0.2) is 0 Å². The summed E-state index contributed by atoms with van der Waals surface area (Å²) >= 11 is 1.43. The maximum absolute atomic E-state index is 12.2. The van der Waals surface area contributed by atoms with E-state index in [1.54, 1.807) is 7.11 Å². The number of anilines is 1. The minimum absolute atomic E-state index is 0.124. The Bertz CT molecular complexity index is 849. The first-order chi connectivity index (χ1) is 12.7. The second kappa shape index (κ2) is 9.10. The van der Waals surface area contributed by atoms with E-state index in [0.717, 1.165) is 29.8 Å². The number of carbonyl (C=O) groups is 1. The highest BCUT2D eigenvalue weighted by molar-refractivity contribution is 7.15. The van der Waals surface area contributed by atoms with E-state index < -0.39 is 0 Å². The summed E-state index contributed by atoms with van der Waals surface area (Å²) in [4.78, 5) is 12.2. The molecular weight excluding hydrogens is 346 g/mol. The van der Waals surface area contributed by atoms with Crippen molar-refractivity contribution in [3.8, 4) is 5.75 Å². The maximum atomic E-state index is 12.2. The minimum Gasteiger partial charge on any atom is -0.496 e. The smallest absolute Gasteiger partial charge is 0.230 e. The van der Waals surface area contributed by atoms with Gasteiger partial charge in [0.15, 0.2) is 0 Å². The molecule has 26 heavy (non-hydrogen) atoms. The van der Waals surface area contributed by atoms with Crippen LogP contribution in [-0.2, 0) is 24.1 Å². The molecule has 0 fully saturated rings. The molecule has 0 saturated carbocycles. The third kappa shape index (κ3) is 5.13. The number of rotatable bonds is 8. The van der Waals surface area contributed by atoms with Crippen molar-refractivity contribution in [2.24, 2.45) is 0 Å². The second-order valence-electron chi connectivity index (χ2n) is 5.88. The van der Waals surface area contributed by atoms with E-state index in [1.165, 1.54) is 16.9 Å². The molecule has 0 spiro atoms. The van der Waals surface area contributed by atoms with Crippen LogP contribution in [-0.4, -0.2) is 23.2 Å². The van der Waals surface area contributed by atoms with Gasteiger partial charge in [-0.2, -0.15) is 0 Å². The van der Waals surface area contributed by atoms with Crippen LogP contribution >= 0.6 is 11.3 Å². The molecule has 0 unspecified atom stereocenters. The zero-order valence-corrected chi connectivity index (χ0v) is 15.5. The number of hydrogen-bond donors (Lipinski definition) is 1. The van der Waals surface area contributed by atoms with E-state index in [0.29, 0.717) is 10.9 Å². The van der Waals surface area contributed by atoms with Gasteiger partial charge in [0.2, 0.25) is 11.0 Å². The largest absolute Gasteiger partial charge is 0.496 e. The lowest BCUT2D eigenvalue weighted by atomic mass is 10.1. The van der Waals surface area contributed by atoms with Gasteiger partial charge >= 0.3 is 0 Å². The van der Waals surface area contributed by atoms with E-state index in [-0.39, 0.29) is 12.3 Å². The average Bonchev–Trinajstić information content (AvgIpc) is 3.10. The Hall–Kier alpha value is -2.73. The summed E-state index contributed by atoms with van der Waals surface area (Å²) in [7, 11) is 1.60. The summed E-state index contributed by atoms with van der Waals surface area (Å²) < 4.78 is 5.28. The van der Waals surface area contributed by atoms with Gasteiger partial charge in [0, 0.05) is 12.0 Å². The molecule has 3 rings (SSSR count). The van der Waals surface area contributed by atoms with Gasteiger partial charge in [0.25, 0.3) is 0 Å². The molecule has 0 bridgehead atoms. The molecule has 0 atom stereocenters. The van der Waals surface area contributed by atoms with Crippen LogP contribution in [0.25, 0.3) is 0 Å². The van der Waals surface area contributed by atoms with Crippen molar-refractivity contribution in [1.82, 2.24) is 10.2 Å². The Labute approximate surface area is 157 Å². The molecule has 0 aliphatic carbocycles. The molecule has 6 heteroatoms. The number of hydrogen-bond acceptors (Lipinski definition) is 5. The highest BCUT2D eigenvalue weighted by atomic mass is 32.1. The van der Waals surface area contributed by atoms with E-state index in [9.17, 15) is 4.79 Å². The fraction of sp³-hybridized carbons (Fsp3) is 0.250. The molecule has 5 nitrogen and oxygen atoms in total. The van der Waals surface area contributed by atoms with Crippen LogP contribution in [0.2, 0.25) is 0 Å². The lowest BCUT2D eigenvalue weighted by Crippen LogP contribution is -2.14. The van der Waals surface area contributed by atoms with Crippen LogP contribution in [0.1, 0.15) is 22.6 Å². The highest BCUT2D eigenvalue weighted by Crippen LogP contribution is 2.20. The van der Waals surface area contributed by atoms with Crippen LogP contribution in [0, 0.1) is 0 Å². The third-order valence-corrected chi connectivity index (χ3v) is 4.85. The number of carbonyl (C=O) groups excluding carboxylic acids is 1. The summed E-state index contributed by atoms with van der Waals surface area (Å²) in [5, 5.41) is 12.5. The maximum Gasteiger partial charge on any atom is 0.230 e. The van der Waals surface area contributed by atoms with Crippen LogP contribution < -0.4 is 10.1 Å². The van der Waals surface area contributed by atoms with Gasteiger partial charge in [-0.05, 0) is 24.5 Å². The van der Waals surface area contributed by atoms with E-state index in [2.05, 4.69) is 39.8 Å². The van der Waals surface area contributed by atoms with E-state index in [4.69, 9.17) is 4.74 Å². The molecule has 1 aromatic heterocycles. The van der Waals surface area contributed by atoms with Crippen molar-refractivity contribution in [2.75, 3.05) is 12.4 Å². The molecule has 1 amide bonds. The number of aromatic nitrogens is 2. The predicted molar refractivity (Wildman–Crippen MR) is 104 cm³/mol. The van der Waals surface area contributed by atoms with Crippen LogP contribution in [0.15, 0.2) is 54.6 Å². The van der Waals surface area contributed by atoms with Gasteiger partial charge in [-0.15, -0.1) is 10.2 Å². The van der Waals surface area contributed by atoms with Crippen LogP contribution in [0.3, 0.4) is 0 Å². The topological polar surface area (TPSA) is 64.1 Å². The standard InChI is InChI=1S/C20H21N3O2S/c1-25-17-12-6-5-11-16(17)14-18(24)21-20-23-22-19(26-20)13-7-10-15-8-3-2-4-9-15/h2-6,8-9,11-12H,7,10,13-14H2,1H3,(H,21,23,24). The molecule has 0 aliphatic heterocycles. The van der Waals surface area contributed by atoms with Gasteiger partial charge in [0.1, 0.15) is 10.8 Å². The van der Waals surface area contributed by atoms with Crippen molar-refractivity contribution in [1.29, 1.82) is 0 Å². The Morgan fingerprint density at radius 1 is 1.04 bits per heavy atom. The number of methoxy groups -OCH3 is 1. The number of benzene rings is 2. The Kier molecular flexibility index (Phi) is 6.33. The molecule has 0 saturated heterocycles. The number of nitrogens with zero attached hydrogens (tertiary/aromatic N) is 2. The van der Waals surface area contributed by atoms with Crippen molar-refractivity contribution >= 4 is 22.4 Å². The molecular formula is C20H21N3O2S. The van der Waals surface area contributed by atoms with Crippen LogP contribution in [0.4, 0.5) is 5.13 Å². The molecule has 3 aromatic rings. The molecule has 1 heterocycles. The minimum atomic E-state index is -0.124. The lowest BCUT2D eigenvalue weighted by molar-refractivity contribution is -0.115. The first kappa shape index (κ1) is 18.1. The quantitative estimate of drug-likeness (QED) is 0.656. The first-order valence-corrected chi connectivity index (χ1v) is 9.34. The van der Waals surface area contributed by atoms with Gasteiger partial charge in [-0.1, -0.05) is 59.9 Å². The lowest BCUT2D eigenvalue weighted by Gasteiger charge is -2.07. The number of nitrogens with one attached hydrogen (secondary N) is 1. The van der Waals surface area contributed by atoms with Crippen molar-refractivity contribution in [3.05, 3.63) is 70.7 Å². The average molecular weight is 367 g/mol. The summed E-state index contributed by atoms with van der Waals surface area (Å²) in [6, 6.07) is 17.9. The zero-order valence-electron chi connectivity index (χ0n) is 14.6. The highest BCUT2D eigenvalue weighted by Gasteiger charge is 2.11. The van der Waals surface area contributed by atoms with Gasteiger partial charge in [0.05, 0.1) is 13.5 Å². The first-order valence-electron chi connectivity index (χ1n) is 8.52. The Morgan fingerprint density at radius 3 is 2.62 bits per heavy atom. The van der Waals surface area contributed by atoms with Gasteiger partial charge in [-0.3, -0.25) is 4.79 Å². The second-order valence-corrected chi connectivity index (χ2v) is 6.94. The third-order valence-electron chi connectivity index (χ3n) is 3.96. The summed E-state index contributed by atoms with van der Waals surface area (Å²) in [5.74, 6) is 0.586. The number of para-hydroxylation sites is 1. The monoisotopic (exact) mass is 367 g/mol.